The molecule has 120 valence electrons. The lowest BCUT2D eigenvalue weighted by molar-refractivity contribution is 0.0985. The summed E-state index contributed by atoms with van der Waals surface area (Å²) in [4.78, 5) is 18.8. The molecule has 0 unspecified atom stereocenters. The van der Waals surface area contributed by atoms with Gasteiger partial charge in [0, 0.05) is 23.2 Å². The Balaban J connectivity index is 1.89. The molecular formula is C19H15FN2OS. The van der Waals surface area contributed by atoms with Gasteiger partial charge in [0.15, 0.2) is 0 Å². The van der Waals surface area contributed by atoms with E-state index in [1.165, 1.54) is 23.5 Å². The van der Waals surface area contributed by atoms with E-state index in [0.717, 1.165) is 11.3 Å². The first-order chi connectivity index (χ1) is 11.7. The largest absolute Gasteiger partial charge is 0.303 e. The first kappa shape index (κ1) is 16.1. The third-order valence-electron chi connectivity index (χ3n) is 3.44. The van der Waals surface area contributed by atoms with Crippen LogP contribution in [-0.4, -0.2) is 17.4 Å². The Morgan fingerprint density at radius 2 is 1.88 bits per heavy atom. The van der Waals surface area contributed by atoms with Crippen molar-refractivity contribution in [3.63, 3.8) is 0 Å². The quantitative estimate of drug-likeness (QED) is 0.627. The topological polar surface area (TPSA) is 33.2 Å². The molecule has 0 fully saturated rings. The monoisotopic (exact) mass is 338 g/mol. The molecular weight excluding hydrogens is 323 g/mol. The number of rotatable bonds is 5. The number of carbonyl (C=O) groups is 1. The summed E-state index contributed by atoms with van der Waals surface area (Å²) in [6.07, 6.45) is 1.68. The zero-order valence-electron chi connectivity index (χ0n) is 12.9. The molecule has 0 saturated heterocycles. The standard InChI is InChI=1S/C19H15FN2OS/c1-2-12-22(16-6-4-3-5-7-16)19(23)17-13-24-18(21-17)14-8-10-15(20)11-9-14/h2-11,13H,1,12H2. The van der Waals surface area contributed by atoms with Gasteiger partial charge in [-0.25, -0.2) is 9.37 Å². The van der Waals surface area contributed by atoms with E-state index in [9.17, 15) is 9.18 Å². The molecule has 3 nitrogen and oxygen atoms in total. The molecule has 0 aliphatic rings. The summed E-state index contributed by atoms with van der Waals surface area (Å²) in [6.45, 7) is 4.11. The van der Waals surface area contributed by atoms with Crippen LogP contribution in [0.2, 0.25) is 0 Å². The fourth-order valence-corrected chi connectivity index (χ4v) is 3.08. The second-order valence-corrected chi connectivity index (χ2v) is 5.94. The van der Waals surface area contributed by atoms with E-state index in [0.29, 0.717) is 17.2 Å². The number of para-hydroxylation sites is 1. The third-order valence-corrected chi connectivity index (χ3v) is 4.33. The maximum Gasteiger partial charge on any atom is 0.278 e. The Bertz CT molecular complexity index is 843. The highest BCUT2D eigenvalue weighted by molar-refractivity contribution is 7.13. The predicted octanol–water partition coefficient (Wildman–Crippen LogP) is 4.78. The van der Waals surface area contributed by atoms with Crippen LogP contribution in [0.3, 0.4) is 0 Å². The summed E-state index contributed by atoms with van der Waals surface area (Å²) in [6, 6.07) is 15.5. The summed E-state index contributed by atoms with van der Waals surface area (Å²) >= 11 is 1.36. The molecule has 2 aromatic carbocycles. The maximum atomic E-state index is 13.0. The lowest BCUT2D eigenvalue weighted by atomic mass is 10.2. The van der Waals surface area contributed by atoms with Crippen LogP contribution in [-0.2, 0) is 0 Å². The summed E-state index contributed by atoms with van der Waals surface area (Å²) < 4.78 is 13.0. The average molecular weight is 338 g/mol. The number of hydrogen-bond acceptors (Lipinski definition) is 3. The van der Waals surface area contributed by atoms with Crippen molar-refractivity contribution >= 4 is 22.9 Å². The van der Waals surface area contributed by atoms with Gasteiger partial charge in [0.1, 0.15) is 16.5 Å². The number of amides is 1. The number of nitrogens with zero attached hydrogens (tertiary/aromatic N) is 2. The van der Waals surface area contributed by atoms with Gasteiger partial charge < -0.3 is 4.90 Å². The molecule has 0 radical (unpaired) electrons. The van der Waals surface area contributed by atoms with Gasteiger partial charge in [0.25, 0.3) is 5.91 Å². The highest BCUT2D eigenvalue weighted by Crippen LogP contribution is 2.25. The van der Waals surface area contributed by atoms with Crippen molar-refractivity contribution < 1.29 is 9.18 Å². The molecule has 0 bridgehead atoms. The van der Waals surface area contributed by atoms with Gasteiger partial charge in [-0.05, 0) is 36.4 Å². The summed E-state index contributed by atoms with van der Waals surface area (Å²) in [7, 11) is 0. The number of hydrogen-bond donors (Lipinski definition) is 0. The predicted molar refractivity (Wildman–Crippen MR) is 95.8 cm³/mol. The lowest BCUT2D eigenvalue weighted by Gasteiger charge is -2.20. The van der Waals surface area contributed by atoms with Crippen LogP contribution < -0.4 is 4.90 Å². The number of benzene rings is 2. The fraction of sp³-hybridized carbons (Fsp3) is 0.0526. The van der Waals surface area contributed by atoms with Crippen LogP contribution in [0, 0.1) is 5.82 Å². The van der Waals surface area contributed by atoms with E-state index < -0.39 is 0 Å². The summed E-state index contributed by atoms with van der Waals surface area (Å²) in [5.74, 6) is -0.487. The smallest absolute Gasteiger partial charge is 0.278 e. The van der Waals surface area contributed by atoms with Crippen LogP contribution in [0.5, 0.6) is 0 Å². The Hall–Kier alpha value is -2.79. The third kappa shape index (κ3) is 3.41. The van der Waals surface area contributed by atoms with Crippen LogP contribution >= 0.6 is 11.3 Å². The number of thiazole rings is 1. The molecule has 1 aromatic heterocycles. The molecule has 3 rings (SSSR count). The Morgan fingerprint density at radius 1 is 1.17 bits per heavy atom. The van der Waals surface area contributed by atoms with Gasteiger partial charge in [0.05, 0.1) is 0 Å². The molecule has 5 heteroatoms. The van der Waals surface area contributed by atoms with Crippen LogP contribution in [0.4, 0.5) is 10.1 Å². The molecule has 1 heterocycles. The van der Waals surface area contributed by atoms with Gasteiger partial charge in [-0.3, -0.25) is 4.79 Å². The van der Waals surface area contributed by atoms with Crippen molar-refractivity contribution in [1.82, 2.24) is 4.98 Å². The highest BCUT2D eigenvalue weighted by atomic mass is 32.1. The van der Waals surface area contributed by atoms with E-state index in [1.807, 2.05) is 30.3 Å². The minimum absolute atomic E-state index is 0.189. The maximum absolute atomic E-state index is 13.0. The van der Waals surface area contributed by atoms with E-state index >= 15 is 0 Å². The van der Waals surface area contributed by atoms with Crippen molar-refractivity contribution in [2.45, 2.75) is 0 Å². The van der Waals surface area contributed by atoms with Gasteiger partial charge in [0.2, 0.25) is 0 Å². The molecule has 0 saturated carbocycles. The first-order valence-electron chi connectivity index (χ1n) is 7.38. The SMILES string of the molecule is C=CCN(C(=O)c1csc(-c2ccc(F)cc2)n1)c1ccccc1. The fourth-order valence-electron chi connectivity index (χ4n) is 2.28. The average Bonchev–Trinajstić information content (AvgIpc) is 3.10. The lowest BCUT2D eigenvalue weighted by Crippen LogP contribution is -2.31. The Kier molecular flexibility index (Phi) is 4.82. The van der Waals surface area contributed by atoms with Gasteiger partial charge in [-0.2, -0.15) is 0 Å². The Morgan fingerprint density at radius 3 is 2.54 bits per heavy atom. The second kappa shape index (κ2) is 7.19. The zero-order chi connectivity index (χ0) is 16.9. The van der Waals surface area contributed by atoms with E-state index in [2.05, 4.69) is 11.6 Å². The van der Waals surface area contributed by atoms with Crippen molar-refractivity contribution in [1.29, 1.82) is 0 Å². The molecule has 24 heavy (non-hydrogen) atoms. The molecule has 0 spiro atoms. The van der Waals surface area contributed by atoms with Crippen molar-refractivity contribution in [3.05, 3.63) is 84.1 Å². The second-order valence-electron chi connectivity index (χ2n) is 5.08. The number of anilines is 1. The minimum Gasteiger partial charge on any atom is -0.303 e. The molecule has 1 amide bonds. The van der Waals surface area contributed by atoms with E-state index in [1.54, 1.807) is 28.5 Å². The number of halogens is 1. The van der Waals surface area contributed by atoms with Gasteiger partial charge in [-0.15, -0.1) is 17.9 Å². The molecule has 3 aromatic rings. The number of carbonyl (C=O) groups excluding carboxylic acids is 1. The van der Waals surface area contributed by atoms with Crippen molar-refractivity contribution in [3.8, 4) is 10.6 Å². The van der Waals surface area contributed by atoms with E-state index in [-0.39, 0.29) is 11.7 Å². The normalized spacial score (nSPS) is 10.4. The van der Waals surface area contributed by atoms with E-state index in [4.69, 9.17) is 0 Å². The first-order valence-corrected chi connectivity index (χ1v) is 8.26. The van der Waals surface area contributed by atoms with Gasteiger partial charge in [-0.1, -0.05) is 24.3 Å². The van der Waals surface area contributed by atoms with Crippen LogP contribution in [0.1, 0.15) is 10.5 Å². The highest BCUT2D eigenvalue weighted by Gasteiger charge is 2.19. The molecule has 0 N–H and O–H groups in total. The molecule has 0 aliphatic carbocycles. The molecule has 0 atom stereocenters. The van der Waals surface area contributed by atoms with Crippen molar-refractivity contribution in [2.24, 2.45) is 0 Å². The summed E-state index contributed by atoms with van der Waals surface area (Å²) in [5.41, 5.74) is 1.94. The van der Waals surface area contributed by atoms with Gasteiger partial charge >= 0.3 is 0 Å². The minimum atomic E-state index is -0.298. The zero-order valence-corrected chi connectivity index (χ0v) is 13.7. The van der Waals surface area contributed by atoms with Crippen LogP contribution in [0.15, 0.2) is 72.6 Å². The number of aromatic nitrogens is 1. The van der Waals surface area contributed by atoms with Crippen molar-refractivity contribution in [2.75, 3.05) is 11.4 Å². The van der Waals surface area contributed by atoms with Crippen LogP contribution in [0.25, 0.3) is 10.6 Å². The summed E-state index contributed by atoms with van der Waals surface area (Å²) in [5, 5.41) is 2.41. The Labute approximate surface area is 143 Å². The molecule has 0 aliphatic heterocycles.